The number of hydrogen-bond acceptors (Lipinski definition) is 1. The van der Waals surface area contributed by atoms with Crippen LogP contribution in [-0.2, 0) is 5.41 Å². The van der Waals surface area contributed by atoms with Crippen molar-refractivity contribution in [3.8, 4) is 0 Å². The van der Waals surface area contributed by atoms with E-state index in [4.69, 9.17) is 11.6 Å². The molecule has 1 aromatic rings. The Bertz CT molecular complexity index is 396. The van der Waals surface area contributed by atoms with Gasteiger partial charge in [0.25, 0.3) is 0 Å². The quantitative estimate of drug-likeness (QED) is 0.749. The summed E-state index contributed by atoms with van der Waals surface area (Å²) < 4.78 is 0. The van der Waals surface area contributed by atoms with Crippen molar-refractivity contribution in [1.82, 2.24) is 5.32 Å². The second-order valence-corrected chi connectivity index (χ2v) is 6.01. The smallest absolute Gasteiger partial charge is 0.0438 e. The first-order chi connectivity index (χ1) is 8.68. The van der Waals surface area contributed by atoms with E-state index in [2.05, 4.69) is 37.4 Å². The highest BCUT2D eigenvalue weighted by molar-refractivity contribution is 6.31. The molecule has 1 aliphatic carbocycles. The average molecular weight is 266 g/mol. The lowest BCUT2D eigenvalue weighted by atomic mass is 9.62. The minimum atomic E-state index is 0.401. The molecule has 1 aliphatic rings. The molecule has 0 unspecified atom stereocenters. The Balaban J connectivity index is 2.04. The first-order valence-corrected chi connectivity index (χ1v) is 7.53. The minimum absolute atomic E-state index is 0.401. The maximum absolute atomic E-state index is 6.27. The molecule has 1 N–H and O–H groups in total. The summed E-state index contributed by atoms with van der Waals surface area (Å²) in [5, 5.41) is 4.44. The second kappa shape index (κ2) is 6.08. The first-order valence-electron chi connectivity index (χ1n) is 7.15. The average Bonchev–Trinajstić information content (AvgIpc) is 2.31. The van der Waals surface area contributed by atoms with E-state index in [-0.39, 0.29) is 0 Å². The van der Waals surface area contributed by atoms with Gasteiger partial charge in [-0.05, 0) is 68.3 Å². The van der Waals surface area contributed by atoms with Crippen molar-refractivity contribution >= 4 is 11.6 Å². The van der Waals surface area contributed by atoms with Crippen molar-refractivity contribution in [3.05, 3.63) is 34.3 Å². The van der Waals surface area contributed by atoms with Crippen LogP contribution in [0.25, 0.3) is 0 Å². The Hall–Kier alpha value is -0.530. The van der Waals surface area contributed by atoms with Crippen LogP contribution in [0, 0.1) is 6.92 Å². The molecule has 1 nitrogen and oxygen atoms in total. The van der Waals surface area contributed by atoms with Gasteiger partial charge in [-0.3, -0.25) is 0 Å². The summed E-state index contributed by atoms with van der Waals surface area (Å²) in [6.45, 7) is 6.54. The third kappa shape index (κ3) is 2.89. The standard InChI is InChI=1S/C16H24ClN/c1-3-10-18-11-9-16(7-4-8-16)14-6-5-13(2)15(17)12-14/h5-6,12,18H,3-4,7-11H2,1-2H3. The molecule has 2 rings (SSSR count). The molecule has 1 fully saturated rings. The normalized spacial score (nSPS) is 17.5. The molecular formula is C16H24ClN. The van der Waals surface area contributed by atoms with Gasteiger partial charge in [-0.25, -0.2) is 0 Å². The predicted molar refractivity (Wildman–Crippen MR) is 79.5 cm³/mol. The van der Waals surface area contributed by atoms with E-state index in [1.165, 1.54) is 43.2 Å². The molecule has 0 spiro atoms. The molecule has 100 valence electrons. The fraction of sp³-hybridized carbons (Fsp3) is 0.625. The maximum Gasteiger partial charge on any atom is 0.0438 e. The van der Waals surface area contributed by atoms with Crippen LogP contribution in [-0.4, -0.2) is 13.1 Å². The van der Waals surface area contributed by atoms with Crippen LogP contribution >= 0.6 is 11.6 Å². The van der Waals surface area contributed by atoms with Crippen LogP contribution in [0.1, 0.15) is 50.2 Å². The molecule has 0 aliphatic heterocycles. The number of benzene rings is 1. The van der Waals surface area contributed by atoms with Crippen LogP contribution in [0.15, 0.2) is 18.2 Å². The van der Waals surface area contributed by atoms with Gasteiger partial charge in [-0.2, -0.15) is 0 Å². The Morgan fingerprint density at radius 3 is 2.61 bits per heavy atom. The van der Waals surface area contributed by atoms with E-state index in [9.17, 15) is 0 Å². The molecule has 1 saturated carbocycles. The summed E-state index contributed by atoms with van der Waals surface area (Å²) in [6, 6.07) is 6.63. The fourth-order valence-electron chi connectivity index (χ4n) is 2.84. The summed E-state index contributed by atoms with van der Waals surface area (Å²) in [6.07, 6.45) is 6.45. The fourth-order valence-corrected chi connectivity index (χ4v) is 3.02. The van der Waals surface area contributed by atoms with E-state index in [1.807, 2.05) is 0 Å². The predicted octanol–water partition coefficient (Wildman–Crippen LogP) is 4.46. The summed E-state index contributed by atoms with van der Waals surface area (Å²) in [4.78, 5) is 0. The molecule has 0 bridgehead atoms. The zero-order valence-electron chi connectivity index (χ0n) is 11.6. The lowest BCUT2D eigenvalue weighted by molar-refractivity contribution is 0.223. The van der Waals surface area contributed by atoms with Gasteiger partial charge >= 0.3 is 0 Å². The Kier molecular flexibility index (Phi) is 4.69. The zero-order chi connectivity index (χ0) is 13.0. The monoisotopic (exact) mass is 265 g/mol. The number of rotatable bonds is 6. The third-order valence-corrected chi connectivity index (χ3v) is 4.71. The summed E-state index contributed by atoms with van der Waals surface area (Å²) in [5.74, 6) is 0. The van der Waals surface area contributed by atoms with Crippen molar-refractivity contribution in [1.29, 1.82) is 0 Å². The van der Waals surface area contributed by atoms with E-state index in [0.717, 1.165) is 18.1 Å². The maximum atomic E-state index is 6.27. The van der Waals surface area contributed by atoms with Crippen LogP contribution in [0.2, 0.25) is 5.02 Å². The van der Waals surface area contributed by atoms with Crippen molar-refractivity contribution in [3.63, 3.8) is 0 Å². The van der Waals surface area contributed by atoms with Gasteiger partial charge < -0.3 is 5.32 Å². The first kappa shape index (κ1) is 13.9. The molecular weight excluding hydrogens is 242 g/mol. The molecule has 0 radical (unpaired) electrons. The van der Waals surface area contributed by atoms with E-state index in [0.29, 0.717) is 5.41 Å². The number of aryl methyl sites for hydroxylation is 1. The van der Waals surface area contributed by atoms with Crippen LogP contribution < -0.4 is 5.32 Å². The molecule has 0 saturated heterocycles. The molecule has 18 heavy (non-hydrogen) atoms. The summed E-state index contributed by atoms with van der Waals surface area (Å²) in [5.41, 5.74) is 3.03. The van der Waals surface area contributed by atoms with Gasteiger partial charge in [0.15, 0.2) is 0 Å². The van der Waals surface area contributed by atoms with Gasteiger partial charge in [0.05, 0.1) is 0 Å². The van der Waals surface area contributed by atoms with E-state index < -0.39 is 0 Å². The lowest BCUT2D eigenvalue weighted by Crippen LogP contribution is -2.37. The zero-order valence-corrected chi connectivity index (χ0v) is 12.3. The Labute approximate surface area is 116 Å². The molecule has 0 aromatic heterocycles. The Morgan fingerprint density at radius 1 is 1.28 bits per heavy atom. The van der Waals surface area contributed by atoms with Crippen LogP contribution in [0.3, 0.4) is 0 Å². The van der Waals surface area contributed by atoms with Crippen molar-refractivity contribution in [2.75, 3.05) is 13.1 Å². The van der Waals surface area contributed by atoms with Crippen molar-refractivity contribution < 1.29 is 0 Å². The minimum Gasteiger partial charge on any atom is -0.317 e. The molecule has 2 heteroatoms. The molecule has 0 heterocycles. The number of nitrogens with one attached hydrogen (secondary N) is 1. The second-order valence-electron chi connectivity index (χ2n) is 5.60. The summed E-state index contributed by atoms with van der Waals surface area (Å²) in [7, 11) is 0. The lowest BCUT2D eigenvalue weighted by Gasteiger charge is -2.43. The van der Waals surface area contributed by atoms with E-state index in [1.54, 1.807) is 0 Å². The van der Waals surface area contributed by atoms with Gasteiger partial charge in [0.1, 0.15) is 0 Å². The number of hydrogen-bond donors (Lipinski definition) is 1. The van der Waals surface area contributed by atoms with Gasteiger partial charge in [-0.15, -0.1) is 0 Å². The van der Waals surface area contributed by atoms with Crippen LogP contribution in [0.5, 0.6) is 0 Å². The van der Waals surface area contributed by atoms with Gasteiger partial charge in [0.2, 0.25) is 0 Å². The molecule has 0 atom stereocenters. The van der Waals surface area contributed by atoms with Crippen molar-refractivity contribution in [2.24, 2.45) is 0 Å². The Morgan fingerprint density at radius 2 is 2.06 bits per heavy atom. The molecule has 0 amide bonds. The highest BCUT2D eigenvalue weighted by Crippen LogP contribution is 2.46. The summed E-state index contributed by atoms with van der Waals surface area (Å²) >= 11 is 6.27. The largest absolute Gasteiger partial charge is 0.317 e. The SMILES string of the molecule is CCCNCCC1(c2ccc(C)c(Cl)c2)CCC1. The molecule has 1 aromatic carbocycles. The van der Waals surface area contributed by atoms with Gasteiger partial charge in [-0.1, -0.05) is 37.1 Å². The number of halogens is 1. The topological polar surface area (TPSA) is 12.0 Å². The van der Waals surface area contributed by atoms with Gasteiger partial charge in [0, 0.05) is 5.02 Å². The highest BCUT2D eigenvalue weighted by Gasteiger charge is 2.38. The van der Waals surface area contributed by atoms with Crippen molar-refractivity contribution in [2.45, 2.75) is 51.4 Å². The highest BCUT2D eigenvalue weighted by atomic mass is 35.5. The van der Waals surface area contributed by atoms with E-state index >= 15 is 0 Å². The van der Waals surface area contributed by atoms with Crippen LogP contribution in [0.4, 0.5) is 0 Å². The third-order valence-electron chi connectivity index (χ3n) is 4.30.